The number of hydrogen-bond donors (Lipinski definition) is 2. The number of aryl methyl sites for hydroxylation is 1. The molecule has 1 amide bonds. The molecular weight excluding hydrogens is 258 g/mol. The van der Waals surface area contributed by atoms with Crippen LogP contribution in [0.3, 0.4) is 0 Å². The number of carbonyl (C=O) groups excluding carboxylic acids is 1. The molecule has 0 bridgehead atoms. The largest absolute Gasteiger partial charge is 0.368 e. The molecule has 0 radical (unpaired) electrons. The van der Waals surface area contributed by atoms with E-state index in [2.05, 4.69) is 10.3 Å². The van der Waals surface area contributed by atoms with Crippen LogP contribution in [0.4, 0.5) is 0 Å². The van der Waals surface area contributed by atoms with Gasteiger partial charge in [-0.15, -0.1) is 0 Å². The highest BCUT2D eigenvalue weighted by Gasteiger charge is 2.37. The van der Waals surface area contributed by atoms with Crippen molar-refractivity contribution in [3.63, 3.8) is 0 Å². The highest BCUT2D eigenvalue weighted by molar-refractivity contribution is 7.89. The number of sulfonamides is 1. The second-order valence-electron chi connectivity index (χ2n) is 4.12. The molecule has 8 nitrogen and oxygen atoms in total. The summed E-state index contributed by atoms with van der Waals surface area (Å²) in [4.78, 5) is 15.1. The molecule has 0 spiro atoms. The molecule has 1 aromatic rings. The van der Waals surface area contributed by atoms with Gasteiger partial charge in [0.2, 0.25) is 5.91 Å². The number of hydrogen-bond acceptors (Lipinski definition) is 5. The summed E-state index contributed by atoms with van der Waals surface area (Å²) in [6.07, 6.45) is 2.80. The third-order valence-corrected chi connectivity index (χ3v) is 4.57. The SMILES string of the molecule is Cn1cnc(S(=O)(=O)N2CCNCC2C(N)=O)c1. The number of rotatable bonds is 3. The van der Waals surface area contributed by atoms with Gasteiger partial charge >= 0.3 is 0 Å². The topological polar surface area (TPSA) is 110 Å². The zero-order chi connectivity index (χ0) is 13.3. The molecule has 100 valence electrons. The maximum atomic E-state index is 12.3. The minimum Gasteiger partial charge on any atom is -0.368 e. The molecule has 2 rings (SSSR count). The van der Waals surface area contributed by atoms with E-state index < -0.39 is 22.0 Å². The van der Waals surface area contributed by atoms with Crippen molar-refractivity contribution in [2.24, 2.45) is 12.8 Å². The van der Waals surface area contributed by atoms with E-state index in [9.17, 15) is 13.2 Å². The first-order chi connectivity index (χ1) is 8.43. The maximum absolute atomic E-state index is 12.3. The molecule has 0 saturated carbocycles. The number of carbonyl (C=O) groups is 1. The first-order valence-electron chi connectivity index (χ1n) is 5.43. The average molecular weight is 273 g/mol. The number of nitrogens with one attached hydrogen (secondary N) is 1. The van der Waals surface area contributed by atoms with Gasteiger partial charge in [-0.05, 0) is 0 Å². The summed E-state index contributed by atoms with van der Waals surface area (Å²) in [5.74, 6) is -0.665. The lowest BCUT2D eigenvalue weighted by atomic mass is 10.2. The van der Waals surface area contributed by atoms with Crippen molar-refractivity contribution in [2.75, 3.05) is 19.6 Å². The molecule has 1 saturated heterocycles. The van der Waals surface area contributed by atoms with E-state index in [1.807, 2.05) is 0 Å². The van der Waals surface area contributed by atoms with Crippen molar-refractivity contribution in [1.82, 2.24) is 19.2 Å². The maximum Gasteiger partial charge on any atom is 0.262 e. The van der Waals surface area contributed by atoms with Crippen LogP contribution in [-0.4, -0.2) is 53.9 Å². The van der Waals surface area contributed by atoms with E-state index in [0.717, 1.165) is 4.31 Å². The second-order valence-corrected chi connectivity index (χ2v) is 5.95. The Balaban J connectivity index is 2.36. The predicted molar refractivity (Wildman–Crippen MR) is 63.0 cm³/mol. The van der Waals surface area contributed by atoms with Crippen LogP contribution in [0.15, 0.2) is 17.6 Å². The standard InChI is InChI=1S/C9H15N5O3S/c1-13-5-8(12-6-13)18(16,17)14-3-2-11-4-7(14)9(10)15/h5-7,11H,2-4H2,1H3,(H2,10,15). The number of aromatic nitrogens is 2. The summed E-state index contributed by atoms with van der Waals surface area (Å²) < 4.78 is 27.3. The van der Waals surface area contributed by atoms with Crippen LogP contribution in [0.1, 0.15) is 0 Å². The zero-order valence-corrected chi connectivity index (χ0v) is 10.7. The number of imidazole rings is 1. The van der Waals surface area contributed by atoms with Crippen molar-refractivity contribution in [3.05, 3.63) is 12.5 Å². The summed E-state index contributed by atoms with van der Waals surface area (Å²) in [6, 6.07) is -0.870. The Bertz CT molecular complexity index is 552. The van der Waals surface area contributed by atoms with Gasteiger partial charge in [-0.1, -0.05) is 0 Å². The third-order valence-electron chi connectivity index (χ3n) is 2.78. The molecule has 9 heteroatoms. The van der Waals surface area contributed by atoms with Gasteiger partial charge in [0.05, 0.1) is 6.33 Å². The molecule has 1 fully saturated rings. The summed E-state index contributed by atoms with van der Waals surface area (Å²) in [5.41, 5.74) is 5.23. The number of nitrogens with zero attached hydrogens (tertiary/aromatic N) is 3. The molecule has 1 aliphatic heterocycles. The van der Waals surface area contributed by atoms with Gasteiger partial charge in [-0.2, -0.15) is 4.31 Å². The van der Waals surface area contributed by atoms with Gasteiger partial charge in [0.15, 0.2) is 5.03 Å². The number of nitrogens with two attached hydrogens (primary N) is 1. The summed E-state index contributed by atoms with van der Waals surface area (Å²) in [7, 11) is -2.10. The van der Waals surface area contributed by atoms with Gasteiger partial charge in [0.1, 0.15) is 6.04 Å². The van der Waals surface area contributed by atoms with Crippen molar-refractivity contribution >= 4 is 15.9 Å². The Morgan fingerprint density at radius 2 is 2.33 bits per heavy atom. The van der Waals surface area contributed by atoms with Crippen LogP contribution in [0.2, 0.25) is 0 Å². The molecule has 1 aliphatic rings. The normalized spacial score (nSPS) is 21.9. The van der Waals surface area contributed by atoms with Gasteiger partial charge in [0.25, 0.3) is 10.0 Å². The van der Waals surface area contributed by atoms with Gasteiger partial charge in [-0.25, -0.2) is 13.4 Å². The molecule has 0 aliphatic carbocycles. The van der Waals surface area contributed by atoms with Crippen LogP contribution in [0.5, 0.6) is 0 Å². The van der Waals surface area contributed by atoms with Crippen molar-refractivity contribution in [1.29, 1.82) is 0 Å². The quantitative estimate of drug-likeness (QED) is 0.653. The molecular formula is C9H15N5O3S. The first kappa shape index (κ1) is 13.0. The Kier molecular flexibility index (Phi) is 3.37. The van der Waals surface area contributed by atoms with E-state index >= 15 is 0 Å². The smallest absolute Gasteiger partial charge is 0.262 e. The Hall–Kier alpha value is -1.45. The molecule has 1 atom stereocenters. The second kappa shape index (κ2) is 4.67. The number of amides is 1. The van der Waals surface area contributed by atoms with Gasteiger partial charge in [0, 0.05) is 32.9 Å². The molecule has 0 aromatic carbocycles. The molecule has 2 heterocycles. The number of piperazine rings is 1. The highest BCUT2D eigenvalue weighted by Crippen LogP contribution is 2.17. The van der Waals surface area contributed by atoms with Gasteiger partial charge in [-0.3, -0.25) is 4.79 Å². The van der Waals surface area contributed by atoms with E-state index in [1.54, 1.807) is 7.05 Å². The van der Waals surface area contributed by atoms with Crippen LogP contribution in [-0.2, 0) is 21.9 Å². The summed E-state index contributed by atoms with van der Waals surface area (Å²) in [5, 5.41) is 2.87. The Morgan fingerprint density at radius 1 is 1.61 bits per heavy atom. The fraction of sp³-hybridized carbons (Fsp3) is 0.556. The Labute approximate surface area is 105 Å². The summed E-state index contributed by atoms with van der Waals surface area (Å²) >= 11 is 0. The van der Waals surface area contributed by atoms with Crippen molar-refractivity contribution < 1.29 is 13.2 Å². The lowest BCUT2D eigenvalue weighted by Gasteiger charge is -2.32. The monoisotopic (exact) mass is 273 g/mol. The zero-order valence-electron chi connectivity index (χ0n) is 9.91. The fourth-order valence-electron chi connectivity index (χ4n) is 1.86. The minimum absolute atomic E-state index is 0.0712. The molecule has 1 unspecified atom stereocenters. The van der Waals surface area contributed by atoms with Crippen molar-refractivity contribution in [2.45, 2.75) is 11.1 Å². The van der Waals surface area contributed by atoms with Crippen LogP contribution >= 0.6 is 0 Å². The summed E-state index contributed by atoms with van der Waals surface area (Å²) in [6.45, 7) is 0.907. The highest BCUT2D eigenvalue weighted by atomic mass is 32.2. The lowest BCUT2D eigenvalue weighted by Crippen LogP contribution is -2.58. The molecule has 18 heavy (non-hydrogen) atoms. The molecule has 1 aromatic heterocycles. The third kappa shape index (κ3) is 2.24. The molecule has 3 N–H and O–H groups in total. The van der Waals surface area contributed by atoms with E-state index in [1.165, 1.54) is 17.1 Å². The number of primary amides is 1. The predicted octanol–water partition coefficient (Wildman–Crippen LogP) is -2.13. The Morgan fingerprint density at radius 3 is 2.89 bits per heavy atom. The fourth-order valence-corrected chi connectivity index (χ4v) is 3.42. The van der Waals surface area contributed by atoms with Crippen LogP contribution in [0.25, 0.3) is 0 Å². The van der Waals surface area contributed by atoms with E-state index in [-0.39, 0.29) is 18.1 Å². The van der Waals surface area contributed by atoms with Gasteiger partial charge < -0.3 is 15.6 Å². The van der Waals surface area contributed by atoms with Crippen molar-refractivity contribution in [3.8, 4) is 0 Å². The van der Waals surface area contributed by atoms with E-state index in [4.69, 9.17) is 5.73 Å². The first-order valence-corrected chi connectivity index (χ1v) is 6.87. The van der Waals surface area contributed by atoms with E-state index in [0.29, 0.717) is 6.54 Å². The lowest BCUT2D eigenvalue weighted by molar-refractivity contribution is -0.122. The average Bonchev–Trinajstić information content (AvgIpc) is 2.76. The minimum atomic E-state index is -3.77. The van der Waals surface area contributed by atoms with Crippen LogP contribution in [0, 0.1) is 0 Å². The van der Waals surface area contributed by atoms with Crippen LogP contribution < -0.4 is 11.1 Å².